The van der Waals surface area contributed by atoms with Gasteiger partial charge in [-0.3, -0.25) is 19.8 Å². The molecule has 2 aromatic carbocycles. The number of nitrogens with one attached hydrogen (secondary N) is 1. The summed E-state index contributed by atoms with van der Waals surface area (Å²) in [6, 6.07) is 10.9. The second-order valence-electron chi connectivity index (χ2n) is 7.10. The number of nitro benzene ring substituents is 1. The van der Waals surface area contributed by atoms with Crippen LogP contribution in [0.3, 0.4) is 0 Å². The summed E-state index contributed by atoms with van der Waals surface area (Å²) in [5.74, 6) is -0.162. The number of carbonyl (C=O) groups excluding carboxylic acids is 1. The first-order valence-corrected chi connectivity index (χ1v) is 9.49. The highest BCUT2D eigenvalue weighted by molar-refractivity contribution is 5.97. The Morgan fingerprint density at radius 1 is 1.17 bits per heavy atom. The van der Waals surface area contributed by atoms with Crippen LogP contribution in [0.1, 0.15) is 6.42 Å². The van der Waals surface area contributed by atoms with E-state index in [0.29, 0.717) is 43.2 Å². The highest BCUT2D eigenvalue weighted by Gasteiger charge is 2.30. The van der Waals surface area contributed by atoms with Gasteiger partial charge in [0, 0.05) is 45.2 Å². The Kier molecular flexibility index (Phi) is 5.30. The molecule has 8 nitrogen and oxygen atoms in total. The molecule has 0 aromatic heterocycles. The van der Waals surface area contributed by atoms with Crippen LogP contribution in [0.15, 0.2) is 42.5 Å². The highest BCUT2D eigenvalue weighted by Crippen LogP contribution is 2.33. The van der Waals surface area contributed by atoms with Crippen molar-refractivity contribution in [2.45, 2.75) is 12.5 Å². The van der Waals surface area contributed by atoms with Crippen molar-refractivity contribution >= 4 is 23.0 Å². The molecule has 9 heteroatoms. The molecule has 1 fully saturated rings. The summed E-state index contributed by atoms with van der Waals surface area (Å²) in [4.78, 5) is 27.0. The molecule has 0 bridgehead atoms. The van der Waals surface area contributed by atoms with E-state index in [0.717, 1.165) is 13.1 Å². The molecule has 1 amide bonds. The zero-order chi connectivity index (χ0) is 20.4. The Bertz CT molecular complexity index is 930. The number of hydrogen-bond donors (Lipinski definition) is 1. The van der Waals surface area contributed by atoms with Gasteiger partial charge in [-0.1, -0.05) is 12.1 Å². The van der Waals surface area contributed by atoms with Crippen molar-refractivity contribution in [2.24, 2.45) is 0 Å². The molecule has 2 aromatic rings. The van der Waals surface area contributed by atoms with Crippen molar-refractivity contribution in [3.05, 3.63) is 58.4 Å². The third kappa shape index (κ3) is 4.14. The minimum Gasteiger partial charge on any atom is -0.478 e. The summed E-state index contributed by atoms with van der Waals surface area (Å²) in [6.07, 6.45) is -0.234. The zero-order valence-corrected chi connectivity index (χ0v) is 15.7. The van der Waals surface area contributed by atoms with Gasteiger partial charge in [-0.2, -0.15) is 0 Å². The average molecular weight is 400 g/mol. The number of ether oxygens (including phenoxy) is 1. The SMILES string of the molecule is O=C1Nc2ccc([N+](=O)[O-])cc2OC1CCN1CCN(c2ccccc2F)CC1. The molecule has 0 saturated carbocycles. The lowest BCUT2D eigenvalue weighted by molar-refractivity contribution is -0.384. The summed E-state index contributed by atoms with van der Waals surface area (Å²) < 4.78 is 19.7. The number of nitrogens with zero attached hydrogens (tertiary/aromatic N) is 3. The number of fused-ring (bicyclic) bond motifs is 1. The van der Waals surface area contributed by atoms with Gasteiger partial charge in [0.1, 0.15) is 5.82 Å². The van der Waals surface area contributed by atoms with Crippen molar-refractivity contribution in [2.75, 3.05) is 42.9 Å². The molecule has 4 rings (SSSR count). The number of hydrogen-bond acceptors (Lipinski definition) is 6. The summed E-state index contributed by atoms with van der Waals surface area (Å²) >= 11 is 0. The molecule has 1 saturated heterocycles. The molecular weight excluding hydrogens is 379 g/mol. The monoisotopic (exact) mass is 400 g/mol. The number of rotatable bonds is 5. The predicted octanol–water partition coefficient (Wildman–Crippen LogP) is 2.65. The molecule has 2 aliphatic rings. The molecule has 0 radical (unpaired) electrons. The second kappa shape index (κ2) is 8.04. The number of amides is 1. The minimum absolute atomic E-state index is 0.0806. The summed E-state index contributed by atoms with van der Waals surface area (Å²) in [6.45, 7) is 3.56. The summed E-state index contributed by atoms with van der Waals surface area (Å²) in [5.41, 5.74) is 0.971. The van der Waals surface area contributed by atoms with Crippen LogP contribution in [0.25, 0.3) is 0 Å². The van der Waals surface area contributed by atoms with Crippen LogP contribution in [0.4, 0.5) is 21.5 Å². The van der Waals surface area contributed by atoms with Gasteiger partial charge in [0.25, 0.3) is 11.6 Å². The zero-order valence-electron chi connectivity index (χ0n) is 15.7. The summed E-state index contributed by atoms with van der Waals surface area (Å²) in [7, 11) is 0. The quantitative estimate of drug-likeness (QED) is 0.613. The van der Waals surface area contributed by atoms with E-state index < -0.39 is 11.0 Å². The fourth-order valence-electron chi connectivity index (χ4n) is 3.66. The van der Waals surface area contributed by atoms with Crippen LogP contribution in [0.2, 0.25) is 0 Å². The van der Waals surface area contributed by atoms with Gasteiger partial charge in [-0.05, 0) is 18.2 Å². The number of nitro groups is 1. The number of benzene rings is 2. The number of non-ortho nitro benzene ring substituents is 1. The third-order valence-corrected chi connectivity index (χ3v) is 5.27. The lowest BCUT2D eigenvalue weighted by Gasteiger charge is -2.37. The topological polar surface area (TPSA) is 87.9 Å². The standard InChI is InChI=1S/C20H21FN4O4/c21-15-3-1-2-4-17(15)24-11-9-23(10-12-24)8-7-18-20(26)22-16-6-5-14(25(27)28)13-19(16)29-18/h1-6,13,18H,7-12H2,(H,22,26). The number of piperazine rings is 1. The van der Waals surface area contributed by atoms with E-state index in [4.69, 9.17) is 4.74 Å². The first-order chi connectivity index (χ1) is 14.0. The Labute approximate surface area is 167 Å². The van der Waals surface area contributed by atoms with Crippen LogP contribution >= 0.6 is 0 Å². The largest absolute Gasteiger partial charge is 0.478 e. The van der Waals surface area contributed by atoms with Gasteiger partial charge in [-0.15, -0.1) is 0 Å². The van der Waals surface area contributed by atoms with Gasteiger partial charge < -0.3 is 15.0 Å². The third-order valence-electron chi connectivity index (χ3n) is 5.27. The normalized spacial score (nSPS) is 19.3. The molecule has 29 heavy (non-hydrogen) atoms. The van der Waals surface area contributed by atoms with Crippen molar-refractivity contribution in [3.63, 3.8) is 0 Å². The molecule has 2 aliphatic heterocycles. The molecule has 0 spiro atoms. The maximum atomic E-state index is 13.9. The van der Waals surface area contributed by atoms with E-state index in [1.807, 2.05) is 11.0 Å². The first kappa shape index (κ1) is 19.1. The number of anilines is 2. The highest BCUT2D eigenvalue weighted by atomic mass is 19.1. The fraction of sp³-hybridized carbons (Fsp3) is 0.350. The predicted molar refractivity (Wildman–Crippen MR) is 106 cm³/mol. The molecule has 1 unspecified atom stereocenters. The smallest absolute Gasteiger partial charge is 0.273 e. The van der Waals surface area contributed by atoms with E-state index >= 15 is 0 Å². The van der Waals surface area contributed by atoms with Crippen molar-refractivity contribution in [1.29, 1.82) is 0 Å². The van der Waals surface area contributed by atoms with Crippen LogP contribution in [0, 0.1) is 15.9 Å². The lowest BCUT2D eigenvalue weighted by Crippen LogP contribution is -2.48. The van der Waals surface area contributed by atoms with Gasteiger partial charge in [0.15, 0.2) is 11.9 Å². The minimum atomic E-state index is -0.700. The Morgan fingerprint density at radius 3 is 2.66 bits per heavy atom. The second-order valence-corrected chi connectivity index (χ2v) is 7.10. The van der Waals surface area contributed by atoms with Crippen LogP contribution in [0.5, 0.6) is 5.75 Å². The van der Waals surface area contributed by atoms with E-state index in [1.165, 1.54) is 24.3 Å². The first-order valence-electron chi connectivity index (χ1n) is 9.49. The maximum absolute atomic E-state index is 13.9. The van der Waals surface area contributed by atoms with Crippen molar-refractivity contribution in [1.82, 2.24) is 4.90 Å². The molecule has 1 atom stereocenters. The van der Waals surface area contributed by atoms with E-state index in [1.54, 1.807) is 12.1 Å². The summed E-state index contributed by atoms with van der Waals surface area (Å²) in [5, 5.41) is 13.7. The van der Waals surface area contributed by atoms with Gasteiger partial charge in [0.2, 0.25) is 0 Å². The number of carbonyl (C=O) groups is 1. The Balaban J connectivity index is 1.32. The maximum Gasteiger partial charge on any atom is 0.273 e. The van der Waals surface area contributed by atoms with Crippen molar-refractivity contribution in [3.8, 4) is 5.75 Å². The molecule has 0 aliphatic carbocycles. The van der Waals surface area contributed by atoms with Crippen LogP contribution < -0.4 is 15.0 Å². The Morgan fingerprint density at radius 2 is 1.93 bits per heavy atom. The average Bonchev–Trinajstić information content (AvgIpc) is 2.72. The van der Waals surface area contributed by atoms with E-state index in [9.17, 15) is 19.3 Å². The van der Waals surface area contributed by atoms with Crippen molar-refractivity contribution < 1.29 is 18.8 Å². The number of para-hydroxylation sites is 1. The molecule has 152 valence electrons. The molecular formula is C20H21FN4O4. The fourth-order valence-corrected chi connectivity index (χ4v) is 3.66. The Hall–Kier alpha value is -3.20. The molecule has 2 heterocycles. The van der Waals surface area contributed by atoms with Crippen LogP contribution in [-0.2, 0) is 4.79 Å². The molecule has 1 N–H and O–H groups in total. The van der Waals surface area contributed by atoms with Gasteiger partial charge in [-0.25, -0.2) is 4.39 Å². The van der Waals surface area contributed by atoms with Crippen LogP contribution in [-0.4, -0.2) is 54.6 Å². The lowest BCUT2D eigenvalue weighted by atomic mass is 10.1. The van der Waals surface area contributed by atoms with E-state index in [-0.39, 0.29) is 17.4 Å². The van der Waals surface area contributed by atoms with Gasteiger partial charge in [0.05, 0.1) is 22.4 Å². The van der Waals surface area contributed by atoms with Gasteiger partial charge >= 0.3 is 0 Å². The number of halogens is 1. The van der Waals surface area contributed by atoms with E-state index in [2.05, 4.69) is 10.2 Å².